The molecule has 0 aliphatic carbocycles. The van der Waals surface area contributed by atoms with Crippen molar-refractivity contribution in [3.05, 3.63) is 53.6 Å². The first-order valence-electron chi connectivity index (χ1n) is 9.99. The van der Waals surface area contributed by atoms with Crippen LogP contribution in [0.15, 0.2) is 42.5 Å². The fraction of sp³-hybridized carbons (Fsp3) is 0.409. The molecule has 0 unspecified atom stereocenters. The van der Waals surface area contributed by atoms with Gasteiger partial charge >= 0.3 is 6.61 Å². The molecule has 30 heavy (non-hydrogen) atoms. The Hall–Kier alpha value is -2.87. The Kier molecular flexibility index (Phi) is 7.46. The summed E-state index contributed by atoms with van der Waals surface area (Å²) in [4.78, 5) is 16.0. The number of piperazine rings is 1. The van der Waals surface area contributed by atoms with Crippen LogP contribution >= 0.6 is 0 Å². The number of benzene rings is 2. The zero-order chi connectivity index (χ0) is 21.5. The Morgan fingerprint density at radius 2 is 1.90 bits per heavy atom. The number of aryl methyl sites for hydroxylation is 1. The molecule has 1 saturated heterocycles. The first-order valence-corrected chi connectivity index (χ1v) is 9.99. The molecule has 0 radical (unpaired) electrons. The average molecular weight is 420 g/mol. The number of halogens is 2. The highest BCUT2D eigenvalue weighted by Gasteiger charge is 2.23. The van der Waals surface area contributed by atoms with Crippen molar-refractivity contribution in [1.29, 1.82) is 0 Å². The van der Waals surface area contributed by atoms with Crippen LogP contribution in [0.4, 0.5) is 14.5 Å². The van der Waals surface area contributed by atoms with E-state index in [0.717, 1.165) is 31.7 Å². The summed E-state index contributed by atoms with van der Waals surface area (Å²) in [5.74, 6) is 0.139. The van der Waals surface area contributed by atoms with Gasteiger partial charge in [-0.3, -0.25) is 4.79 Å². The number of carbonyl (C=O) groups excluding carboxylic acids is 1. The average Bonchev–Trinajstić information content (AvgIpc) is 2.73. The van der Waals surface area contributed by atoms with Crippen molar-refractivity contribution in [3.8, 4) is 11.5 Å². The molecule has 2 aromatic carbocycles. The number of alkyl halides is 2. The molecule has 1 heterocycles. The summed E-state index contributed by atoms with van der Waals surface area (Å²) in [5, 5.41) is 2.89. The minimum absolute atomic E-state index is 0.0291. The van der Waals surface area contributed by atoms with E-state index in [2.05, 4.69) is 40.1 Å². The molecular formula is C22H28F2N3O3+. The number of nitrogens with zero attached hydrogens (tertiary/aromatic N) is 1. The first kappa shape index (κ1) is 21.8. The van der Waals surface area contributed by atoms with E-state index in [-0.39, 0.29) is 17.4 Å². The second-order valence-electron chi connectivity index (χ2n) is 7.34. The van der Waals surface area contributed by atoms with Crippen LogP contribution in [0.5, 0.6) is 11.5 Å². The monoisotopic (exact) mass is 420 g/mol. The molecule has 0 saturated carbocycles. The molecule has 0 spiro atoms. The fourth-order valence-corrected chi connectivity index (χ4v) is 3.66. The van der Waals surface area contributed by atoms with Crippen LogP contribution in [0, 0.1) is 6.92 Å². The molecule has 0 bridgehead atoms. The highest BCUT2D eigenvalue weighted by Crippen LogP contribution is 2.29. The van der Waals surface area contributed by atoms with Crippen LogP contribution < -0.4 is 24.6 Å². The number of nitrogens with one attached hydrogen (secondary N) is 2. The number of carbonyl (C=O) groups is 1. The summed E-state index contributed by atoms with van der Waals surface area (Å²) in [6, 6.07) is 13.0. The molecule has 1 fully saturated rings. The Morgan fingerprint density at radius 1 is 1.17 bits per heavy atom. The molecule has 6 nitrogen and oxygen atoms in total. The van der Waals surface area contributed by atoms with Gasteiger partial charge in [0.25, 0.3) is 5.91 Å². The lowest BCUT2D eigenvalue weighted by molar-refractivity contribution is -0.892. The number of quaternary nitrogens is 1. The number of rotatable bonds is 8. The lowest BCUT2D eigenvalue weighted by Gasteiger charge is -2.34. The minimum Gasteiger partial charge on any atom is -0.493 e. The van der Waals surface area contributed by atoms with E-state index < -0.39 is 6.61 Å². The maximum atomic E-state index is 12.4. The summed E-state index contributed by atoms with van der Waals surface area (Å²) in [6.45, 7) is 3.52. The second-order valence-corrected chi connectivity index (χ2v) is 7.34. The van der Waals surface area contributed by atoms with E-state index in [1.54, 1.807) is 12.1 Å². The number of anilines is 1. The van der Waals surface area contributed by atoms with Crippen LogP contribution in [0.3, 0.4) is 0 Å². The van der Waals surface area contributed by atoms with E-state index >= 15 is 0 Å². The highest BCUT2D eigenvalue weighted by molar-refractivity contribution is 5.76. The summed E-state index contributed by atoms with van der Waals surface area (Å²) < 4.78 is 34.3. The van der Waals surface area contributed by atoms with Crippen molar-refractivity contribution in [1.82, 2.24) is 5.32 Å². The SMILES string of the molecule is COc1cc(CNC(=O)C[NH+]2CCN(c3ccccc3C)CC2)ccc1OC(F)F. The third kappa shape index (κ3) is 5.82. The van der Waals surface area contributed by atoms with Crippen LogP contribution in [-0.4, -0.2) is 52.4 Å². The van der Waals surface area contributed by atoms with Crippen LogP contribution in [0.2, 0.25) is 0 Å². The van der Waals surface area contributed by atoms with E-state index in [1.165, 1.54) is 29.3 Å². The zero-order valence-electron chi connectivity index (χ0n) is 17.3. The maximum Gasteiger partial charge on any atom is 0.387 e. The van der Waals surface area contributed by atoms with Gasteiger partial charge in [-0.05, 0) is 36.2 Å². The van der Waals surface area contributed by atoms with Crippen molar-refractivity contribution >= 4 is 11.6 Å². The van der Waals surface area contributed by atoms with Crippen molar-refractivity contribution in [2.45, 2.75) is 20.1 Å². The highest BCUT2D eigenvalue weighted by atomic mass is 19.3. The third-order valence-electron chi connectivity index (χ3n) is 5.27. The van der Waals surface area contributed by atoms with Gasteiger partial charge in [0, 0.05) is 12.2 Å². The predicted octanol–water partition coefficient (Wildman–Crippen LogP) is 1.63. The van der Waals surface area contributed by atoms with E-state index in [0.29, 0.717) is 13.1 Å². The first-order chi connectivity index (χ1) is 14.5. The Morgan fingerprint density at radius 3 is 2.57 bits per heavy atom. The lowest BCUT2D eigenvalue weighted by atomic mass is 10.1. The van der Waals surface area contributed by atoms with E-state index in [4.69, 9.17) is 4.74 Å². The van der Waals surface area contributed by atoms with Gasteiger partial charge in [0.1, 0.15) is 0 Å². The van der Waals surface area contributed by atoms with Crippen LogP contribution in [0.1, 0.15) is 11.1 Å². The number of methoxy groups -OCH3 is 1. The molecule has 0 aromatic heterocycles. The van der Waals surface area contributed by atoms with Crippen molar-refractivity contribution in [2.75, 3.05) is 44.7 Å². The van der Waals surface area contributed by atoms with Gasteiger partial charge in [0.2, 0.25) is 0 Å². The quantitative estimate of drug-likeness (QED) is 0.682. The molecule has 3 rings (SSSR count). The Bertz CT molecular complexity index is 855. The Balaban J connectivity index is 1.46. The maximum absolute atomic E-state index is 12.4. The van der Waals surface area contributed by atoms with Gasteiger partial charge in [-0.15, -0.1) is 0 Å². The predicted molar refractivity (Wildman–Crippen MR) is 110 cm³/mol. The van der Waals surface area contributed by atoms with E-state index in [9.17, 15) is 13.6 Å². The van der Waals surface area contributed by atoms with E-state index in [1.807, 2.05) is 6.07 Å². The molecule has 1 aliphatic rings. The second kappa shape index (κ2) is 10.2. The largest absolute Gasteiger partial charge is 0.493 e. The number of amides is 1. The molecule has 0 atom stereocenters. The number of para-hydroxylation sites is 1. The Labute approximate surface area is 175 Å². The van der Waals surface area contributed by atoms with Crippen molar-refractivity contribution < 1.29 is 27.9 Å². The van der Waals surface area contributed by atoms with Crippen molar-refractivity contribution in [3.63, 3.8) is 0 Å². The van der Waals surface area contributed by atoms with Gasteiger partial charge in [-0.1, -0.05) is 24.3 Å². The van der Waals surface area contributed by atoms with Crippen molar-refractivity contribution in [2.24, 2.45) is 0 Å². The van der Waals surface area contributed by atoms with Gasteiger partial charge in [0.15, 0.2) is 18.0 Å². The normalized spacial score (nSPS) is 14.6. The van der Waals surface area contributed by atoms with Gasteiger partial charge < -0.3 is 24.6 Å². The van der Waals surface area contributed by atoms with Gasteiger partial charge in [-0.25, -0.2) is 0 Å². The summed E-state index contributed by atoms with van der Waals surface area (Å²) >= 11 is 0. The summed E-state index contributed by atoms with van der Waals surface area (Å²) in [6.07, 6.45) is 0. The standard InChI is InChI=1S/C22H27F2N3O3/c1-16-5-3-4-6-18(16)27-11-9-26(10-12-27)15-21(28)25-14-17-7-8-19(30-22(23)24)20(13-17)29-2/h3-8,13,22H,9-12,14-15H2,1-2H3,(H,25,28)/p+1. The molecule has 8 heteroatoms. The molecular weight excluding hydrogens is 392 g/mol. The topological polar surface area (TPSA) is 55.2 Å². The number of hydrogen-bond acceptors (Lipinski definition) is 4. The van der Waals surface area contributed by atoms with Crippen LogP contribution in [0.25, 0.3) is 0 Å². The van der Waals surface area contributed by atoms with Gasteiger partial charge in [-0.2, -0.15) is 8.78 Å². The minimum atomic E-state index is -2.92. The van der Waals surface area contributed by atoms with Gasteiger partial charge in [0.05, 0.1) is 33.3 Å². The number of ether oxygens (including phenoxy) is 2. The third-order valence-corrected chi connectivity index (χ3v) is 5.27. The summed E-state index contributed by atoms with van der Waals surface area (Å²) in [7, 11) is 1.38. The lowest BCUT2D eigenvalue weighted by Crippen LogP contribution is -3.15. The summed E-state index contributed by atoms with van der Waals surface area (Å²) in [5.41, 5.74) is 3.27. The number of hydrogen-bond donors (Lipinski definition) is 2. The molecule has 1 aliphatic heterocycles. The molecule has 1 amide bonds. The zero-order valence-corrected chi connectivity index (χ0v) is 17.3. The smallest absolute Gasteiger partial charge is 0.387 e. The molecule has 2 aromatic rings. The van der Waals surface area contributed by atoms with Crippen LogP contribution in [-0.2, 0) is 11.3 Å². The fourth-order valence-electron chi connectivity index (χ4n) is 3.66. The molecule has 162 valence electrons. The molecule has 2 N–H and O–H groups in total.